The van der Waals surface area contributed by atoms with E-state index in [0.29, 0.717) is 11.3 Å². The van der Waals surface area contributed by atoms with Crippen LogP contribution in [0.4, 0.5) is 0 Å². The van der Waals surface area contributed by atoms with Crippen LogP contribution in [0.5, 0.6) is 0 Å². The first-order valence-corrected chi connectivity index (χ1v) is 7.86. The lowest BCUT2D eigenvalue weighted by molar-refractivity contribution is 0.0696. The molecule has 0 saturated carbocycles. The molecule has 1 N–H and O–H groups in total. The van der Waals surface area contributed by atoms with Crippen molar-refractivity contribution in [3.8, 4) is 11.3 Å². The molecule has 0 spiro atoms. The number of rotatable bonds is 4. The molecule has 2 rings (SSSR count). The minimum Gasteiger partial charge on any atom is -0.476 e. The summed E-state index contributed by atoms with van der Waals surface area (Å²) in [5.74, 6) is -1.08. The van der Waals surface area contributed by atoms with E-state index in [2.05, 4.69) is 4.98 Å². The number of nitrogens with zero attached hydrogens (tertiary/aromatic N) is 2. The highest BCUT2D eigenvalue weighted by Gasteiger charge is 2.17. The van der Waals surface area contributed by atoms with E-state index in [-0.39, 0.29) is 9.90 Å². The van der Waals surface area contributed by atoms with Gasteiger partial charge in [-0.15, -0.1) is 11.3 Å². The Morgan fingerprint density at radius 2 is 1.85 bits per heavy atom. The molecule has 0 aliphatic heterocycles. The maximum atomic E-state index is 11.9. The molecule has 0 bridgehead atoms. The number of sulfonamides is 1. The molecule has 0 atom stereocenters. The predicted molar refractivity (Wildman–Crippen MR) is 75.4 cm³/mol. The van der Waals surface area contributed by atoms with Crippen molar-refractivity contribution in [1.29, 1.82) is 0 Å². The monoisotopic (exact) mass is 312 g/mol. The Morgan fingerprint density at radius 3 is 2.30 bits per heavy atom. The van der Waals surface area contributed by atoms with Gasteiger partial charge in [-0.3, -0.25) is 0 Å². The van der Waals surface area contributed by atoms with Crippen molar-refractivity contribution in [2.75, 3.05) is 14.1 Å². The largest absolute Gasteiger partial charge is 0.476 e. The molecule has 1 aromatic heterocycles. The second-order valence-corrected chi connectivity index (χ2v) is 7.16. The van der Waals surface area contributed by atoms with E-state index in [1.54, 1.807) is 17.5 Å². The second kappa shape index (κ2) is 5.31. The molecular weight excluding hydrogens is 300 g/mol. The van der Waals surface area contributed by atoms with Gasteiger partial charge in [-0.05, 0) is 12.1 Å². The van der Waals surface area contributed by atoms with E-state index >= 15 is 0 Å². The number of carboxylic acid groups (broad SMARTS) is 1. The van der Waals surface area contributed by atoms with Crippen LogP contribution >= 0.6 is 11.3 Å². The van der Waals surface area contributed by atoms with Crippen molar-refractivity contribution >= 4 is 27.3 Å². The van der Waals surface area contributed by atoms with Gasteiger partial charge in [-0.1, -0.05) is 12.1 Å². The van der Waals surface area contributed by atoms with Crippen LogP contribution in [0.1, 0.15) is 9.80 Å². The fraction of sp³-hybridized carbons (Fsp3) is 0.167. The van der Waals surface area contributed by atoms with Gasteiger partial charge in [0, 0.05) is 25.0 Å². The molecule has 0 unspecified atom stereocenters. The van der Waals surface area contributed by atoms with Gasteiger partial charge < -0.3 is 5.11 Å². The lowest BCUT2D eigenvalue weighted by atomic mass is 10.2. The smallest absolute Gasteiger partial charge is 0.365 e. The number of carboxylic acids is 1. The lowest BCUT2D eigenvalue weighted by Gasteiger charge is -2.11. The van der Waals surface area contributed by atoms with E-state index in [0.717, 1.165) is 15.6 Å². The first-order valence-electron chi connectivity index (χ1n) is 5.54. The first kappa shape index (κ1) is 14.6. The van der Waals surface area contributed by atoms with Gasteiger partial charge in [0.2, 0.25) is 15.0 Å². The Bertz CT molecular complexity index is 733. The van der Waals surface area contributed by atoms with Crippen LogP contribution in [0, 0.1) is 0 Å². The third-order valence-corrected chi connectivity index (χ3v) is 5.28. The third kappa shape index (κ3) is 2.72. The van der Waals surface area contributed by atoms with Crippen LogP contribution in [0.2, 0.25) is 0 Å². The molecule has 0 radical (unpaired) electrons. The molecular formula is C12H12N2O4S2. The summed E-state index contributed by atoms with van der Waals surface area (Å²) in [6.07, 6.45) is 0. The summed E-state index contributed by atoms with van der Waals surface area (Å²) in [5.41, 5.74) is 1.19. The number of benzene rings is 1. The van der Waals surface area contributed by atoms with Crippen LogP contribution < -0.4 is 0 Å². The van der Waals surface area contributed by atoms with Crippen LogP contribution in [0.25, 0.3) is 11.3 Å². The zero-order valence-corrected chi connectivity index (χ0v) is 12.4. The normalized spacial score (nSPS) is 11.8. The van der Waals surface area contributed by atoms with Gasteiger partial charge in [-0.2, -0.15) is 0 Å². The van der Waals surface area contributed by atoms with Gasteiger partial charge in [0.15, 0.2) is 0 Å². The first-order chi connectivity index (χ1) is 9.32. The Labute approximate surface area is 120 Å². The summed E-state index contributed by atoms with van der Waals surface area (Å²) < 4.78 is 24.9. The molecule has 0 fully saturated rings. The maximum Gasteiger partial charge on any atom is 0.365 e. The van der Waals surface area contributed by atoms with E-state index in [4.69, 9.17) is 5.11 Å². The molecule has 20 heavy (non-hydrogen) atoms. The van der Waals surface area contributed by atoms with Gasteiger partial charge >= 0.3 is 5.97 Å². The molecule has 0 aliphatic rings. The summed E-state index contributed by atoms with van der Waals surface area (Å²) in [6.45, 7) is 0. The van der Waals surface area contributed by atoms with Gasteiger partial charge in [0.05, 0.1) is 10.6 Å². The summed E-state index contributed by atoms with van der Waals surface area (Å²) in [5, 5.41) is 10.4. The highest BCUT2D eigenvalue weighted by atomic mass is 32.2. The molecule has 1 aromatic carbocycles. The lowest BCUT2D eigenvalue weighted by Crippen LogP contribution is -2.22. The molecule has 0 saturated heterocycles. The minimum absolute atomic E-state index is 0.00462. The van der Waals surface area contributed by atoms with Gasteiger partial charge in [0.25, 0.3) is 0 Å². The average Bonchev–Trinajstić information content (AvgIpc) is 2.88. The Hall–Kier alpha value is -1.77. The highest BCUT2D eigenvalue weighted by molar-refractivity contribution is 7.89. The molecule has 8 heteroatoms. The molecule has 0 amide bonds. The average molecular weight is 312 g/mol. The summed E-state index contributed by atoms with van der Waals surface area (Å²) in [6, 6.07) is 6.17. The van der Waals surface area contributed by atoms with E-state index in [1.165, 1.54) is 26.2 Å². The van der Waals surface area contributed by atoms with Gasteiger partial charge in [-0.25, -0.2) is 22.5 Å². The number of carbonyl (C=O) groups is 1. The molecule has 0 aliphatic carbocycles. The highest BCUT2D eigenvalue weighted by Crippen LogP contribution is 2.24. The third-order valence-electron chi connectivity index (χ3n) is 2.62. The number of thiazole rings is 1. The van der Waals surface area contributed by atoms with E-state index < -0.39 is 16.0 Å². The summed E-state index contributed by atoms with van der Waals surface area (Å²) in [7, 11) is -0.540. The van der Waals surface area contributed by atoms with E-state index in [1.807, 2.05) is 0 Å². The molecule has 1 heterocycles. The van der Waals surface area contributed by atoms with Crippen molar-refractivity contribution < 1.29 is 18.3 Å². The van der Waals surface area contributed by atoms with Crippen molar-refractivity contribution in [2.24, 2.45) is 0 Å². The topological polar surface area (TPSA) is 87.6 Å². The Balaban J connectivity index is 2.35. The van der Waals surface area contributed by atoms with Crippen LogP contribution in [-0.4, -0.2) is 42.9 Å². The molecule has 106 valence electrons. The van der Waals surface area contributed by atoms with E-state index in [9.17, 15) is 13.2 Å². The number of hydrogen-bond donors (Lipinski definition) is 1. The summed E-state index contributed by atoms with van der Waals surface area (Å²) in [4.78, 5) is 14.9. The number of hydrogen-bond acceptors (Lipinski definition) is 5. The number of aromatic carboxylic acids is 1. The second-order valence-electron chi connectivity index (χ2n) is 4.15. The molecule has 2 aromatic rings. The Morgan fingerprint density at radius 1 is 1.25 bits per heavy atom. The fourth-order valence-corrected chi connectivity index (χ4v) is 3.08. The minimum atomic E-state index is -3.46. The zero-order valence-electron chi connectivity index (χ0n) is 10.8. The predicted octanol–water partition coefficient (Wildman–Crippen LogP) is 1.76. The SMILES string of the molecule is CN(C)S(=O)(=O)c1ccc(-c2csc(C(=O)O)n2)cc1. The zero-order chi connectivity index (χ0) is 14.9. The van der Waals surface area contributed by atoms with Crippen LogP contribution in [0.3, 0.4) is 0 Å². The van der Waals surface area contributed by atoms with Crippen molar-refractivity contribution in [1.82, 2.24) is 9.29 Å². The van der Waals surface area contributed by atoms with Gasteiger partial charge in [0.1, 0.15) is 0 Å². The van der Waals surface area contributed by atoms with Crippen molar-refractivity contribution in [3.63, 3.8) is 0 Å². The maximum absolute atomic E-state index is 11.9. The quantitative estimate of drug-likeness (QED) is 0.929. The Kier molecular flexibility index (Phi) is 3.89. The summed E-state index contributed by atoms with van der Waals surface area (Å²) >= 11 is 1.03. The van der Waals surface area contributed by atoms with Crippen molar-refractivity contribution in [2.45, 2.75) is 4.90 Å². The standard InChI is InChI=1S/C12H12N2O4S2/c1-14(2)20(17,18)9-5-3-8(4-6-9)10-7-19-11(13-10)12(15)16/h3-7H,1-2H3,(H,15,16). The van der Waals surface area contributed by atoms with Crippen LogP contribution in [-0.2, 0) is 10.0 Å². The van der Waals surface area contributed by atoms with Crippen LogP contribution in [0.15, 0.2) is 34.5 Å². The van der Waals surface area contributed by atoms with Crippen molar-refractivity contribution in [3.05, 3.63) is 34.7 Å². The fourth-order valence-electron chi connectivity index (χ4n) is 1.51. The number of aromatic nitrogens is 1. The molecule has 6 nitrogen and oxygen atoms in total.